The molecule has 0 aliphatic rings. The van der Waals surface area contributed by atoms with E-state index < -0.39 is 16.0 Å². The highest BCUT2D eigenvalue weighted by Gasteiger charge is 2.26. The minimum absolute atomic E-state index is 0.116. The third kappa shape index (κ3) is 3.03. The van der Waals surface area contributed by atoms with Crippen molar-refractivity contribution in [1.82, 2.24) is 14.7 Å². The van der Waals surface area contributed by atoms with Gasteiger partial charge in [-0.05, 0) is 6.92 Å². The number of nitrogens with zero attached hydrogens (tertiary/aromatic N) is 2. The fraction of sp³-hybridized carbons (Fsp3) is 0.300. The number of nitrogens with one attached hydrogen (secondary N) is 1. The van der Waals surface area contributed by atoms with Crippen molar-refractivity contribution >= 4 is 27.3 Å². The van der Waals surface area contributed by atoms with Gasteiger partial charge in [0.05, 0.1) is 25.4 Å². The Labute approximate surface area is 118 Å². The van der Waals surface area contributed by atoms with Gasteiger partial charge in [-0.3, -0.25) is 0 Å². The molecule has 0 aromatic carbocycles. The van der Waals surface area contributed by atoms with E-state index in [0.29, 0.717) is 5.76 Å². The molecule has 10 heteroatoms. The predicted molar refractivity (Wildman–Crippen MR) is 68.7 cm³/mol. The van der Waals surface area contributed by atoms with E-state index in [0.717, 1.165) is 18.4 Å². The first kappa shape index (κ1) is 14.6. The molecule has 2 heterocycles. The quantitative estimate of drug-likeness (QED) is 0.808. The largest absolute Gasteiger partial charge is 0.464 e. The van der Waals surface area contributed by atoms with E-state index in [4.69, 9.17) is 4.42 Å². The van der Waals surface area contributed by atoms with E-state index in [1.54, 1.807) is 6.92 Å². The van der Waals surface area contributed by atoms with Crippen LogP contribution in [0.4, 0.5) is 0 Å². The van der Waals surface area contributed by atoms with Gasteiger partial charge in [-0.15, -0.1) is 11.3 Å². The van der Waals surface area contributed by atoms with Crippen LogP contribution in [0.5, 0.6) is 0 Å². The molecule has 0 fully saturated rings. The summed E-state index contributed by atoms with van der Waals surface area (Å²) in [5.74, 6) is 0.000962. The summed E-state index contributed by atoms with van der Waals surface area (Å²) in [5, 5.41) is 0. The van der Waals surface area contributed by atoms with Gasteiger partial charge in [0.25, 0.3) is 10.0 Å². The maximum Gasteiger partial charge on any atom is 0.358 e. The number of hydrogen-bond acceptors (Lipinski definition) is 8. The molecule has 108 valence electrons. The molecule has 0 bridgehead atoms. The Bertz CT molecular complexity index is 719. The second-order valence-corrected chi connectivity index (χ2v) is 6.49. The van der Waals surface area contributed by atoms with Gasteiger partial charge in [0, 0.05) is 0 Å². The van der Waals surface area contributed by atoms with Crippen LogP contribution in [-0.4, -0.2) is 31.5 Å². The van der Waals surface area contributed by atoms with Gasteiger partial charge < -0.3 is 9.15 Å². The summed E-state index contributed by atoms with van der Waals surface area (Å²) < 4.78 is 35.9. The molecule has 0 saturated heterocycles. The van der Waals surface area contributed by atoms with Crippen molar-refractivity contribution in [2.45, 2.75) is 17.7 Å². The third-order valence-corrected chi connectivity index (χ3v) is 5.01. The standard InChI is InChI=1S/C10H11N3O5S2/c1-6-3-11-7(18-6)4-13-20(15,16)10-8(9(14)17-2)12-5-19-10/h3,5,13H,4H2,1-2H3. The first-order valence-electron chi connectivity index (χ1n) is 5.37. The van der Waals surface area contributed by atoms with Crippen LogP contribution in [0.3, 0.4) is 0 Å². The van der Waals surface area contributed by atoms with Gasteiger partial charge in [0.15, 0.2) is 9.90 Å². The number of hydrogen-bond donors (Lipinski definition) is 1. The summed E-state index contributed by atoms with van der Waals surface area (Å²) in [6, 6.07) is 0. The first-order chi connectivity index (χ1) is 9.44. The van der Waals surface area contributed by atoms with Gasteiger partial charge in [-0.25, -0.2) is 27.9 Å². The van der Waals surface area contributed by atoms with Crippen LogP contribution in [0.25, 0.3) is 0 Å². The van der Waals surface area contributed by atoms with Crippen LogP contribution in [-0.2, 0) is 21.3 Å². The Morgan fingerprint density at radius 2 is 2.25 bits per heavy atom. The number of thiazole rings is 1. The lowest BCUT2D eigenvalue weighted by molar-refractivity contribution is 0.0590. The van der Waals surface area contributed by atoms with Crippen molar-refractivity contribution < 1.29 is 22.4 Å². The summed E-state index contributed by atoms with van der Waals surface area (Å²) in [5.41, 5.74) is 1.02. The van der Waals surface area contributed by atoms with E-state index in [1.807, 2.05) is 0 Å². The zero-order valence-electron chi connectivity index (χ0n) is 10.6. The molecular weight excluding hydrogens is 306 g/mol. The molecule has 2 aromatic heterocycles. The van der Waals surface area contributed by atoms with Crippen LogP contribution >= 0.6 is 11.3 Å². The molecule has 0 unspecified atom stereocenters. The lowest BCUT2D eigenvalue weighted by atomic mass is 10.5. The lowest BCUT2D eigenvalue weighted by Crippen LogP contribution is -2.24. The highest BCUT2D eigenvalue weighted by molar-refractivity contribution is 7.91. The first-order valence-corrected chi connectivity index (χ1v) is 7.73. The Morgan fingerprint density at radius 3 is 2.85 bits per heavy atom. The Kier molecular flexibility index (Phi) is 4.16. The zero-order valence-corrected chi connectivity index (χ0v) is 12.2. The molecule has 0 amide bonds. The van der Waals surface area contributed by atoms with E-state index in [2.05, 4.69) is 19.4 Å². The van der Waals surface area contributed by atoms with Crippen molar-refractivity contribution in [1.29, 1.82) is 0 Å². The average molecular weight is 317 g/mol. The Hall–Kier alpha value is -1.78. The van der Waals surface area contributed by atoms with Crippen LogP contribution in [0.2, 0.25) is 0 Å². The SMILES string of the molecule is COC(=O)c1ncsc1S(=O)(=O)NCc1ncc(C)o1. The lowest BCUT2D eigenvalue weighted by Gasteiger charge is -2.03. The minimum Gasteiger partial charge on any atom is -0.464 e. The Balaban J connectivity index is 2.18. The topological polar surface area (TPSA) is 111 Å². The molecule has 0 atom stereocenters. The van der Waals surface area contributed by atoms with E-state index >= 15 is 0 Å². The van der Waals surface area contributed by atoms with Gasteiger partial charge in [-0.1, -0.05) is 0 Å². The van der Waals surface area contributed by atoms with Crippen LogP contribution < -0.4 is 4.72 Å². The molecule has 2 aromatic rings. The van der Waals surface area contributed by atoms with Crippen molar-refractivity contribution in [3.05, 3.63) is 29.1 Å². The number of aryl methyl sites for hydroxylation is 1. The number of carbonyl (C=O) groups is 1. The molecule has 1 N–H and O–H groups in total. The van der Waals surface area contributed by atoms with E-state index in [-0.39, 0.29) is 22.3 Å². The van der Waals surface area contributed by atoms with Crippen LogP contribution in [0.15, 0.2) is 20.3 Å². The molecule has 0 spiro atoms. The van der Waals surface area contributed by atoms with Crippen molar-refractivity contribution in [3.8, 4) is 0 Å². The maximum atomic E-state index is 12.1. The smallest absolute Gasteiger partial charge is 0.358 e. The molecule has 2 rings (SSSR count). The van der Waals surface area contributed by atoms with Crippen LogP contribution in [0, 0.1) is 6.92 Å². The summed E-state index contributed by atoms with van der Waals surface area (Å²) in [6.07, 6.45) is 1.48. The monoisotopic (exact) mass is 317 g/mol. The molecular formula is C10H11N3O5S2. The molecule has 0 radical (unpaired) electrons. The summed E-state index contributed by atoms with van der Waals surface area (Å²) in [4.78, 5) is 19.0. The number of aromatic nitrogens is 2. The number of ether oxygens (including phenoxy) is 1. The minimum atomic E-state index is -3.89. The predicted octanol–water partition coefficient (Wildman–Crippen LogP) is 0.705. The highest BCUT2D eigenvalue weighted by atomic mass is 32.2. The molecule has 0 aliphatic carbocycles. The van der Waals surface area contributed by atoms with E-state index in [9.17, 15) is 13.2 Å². The summed E-state index contributed by atoms with van der Waals surface area (Å²) in [7, 11) is -2.73. The molecule has 20 heavy (non-hydrogen) atoms. The van der Waals surface area contributed by atoms with Crippen molar-refractivity contribution in [2.75, 3.05) is 7.11 Å². The number of methoxy groups -OCH3 is 1. The van der Waals surface area contributed by atoms with Gasteiger partial charge >= 0.3 is 5.97 Å². The number of sulfonamides is 1. The average Bonchev–Trinajstić information content (AvgIpc) is 3.04. The van der Waals surface area contributed by atoms with Crippen molar-refractivity contribution in [3.63, 3.8) is 0 Å². The zero-order chi connectivity index (χ0) is 14.8. The fourth-order valence-electron chi connectivity index (χ4n) is 1.36. The van der Waals surface area contributed by atoms with Gasteiger partial charge in [0.2, 0.25) is 5.89 Å². The van der Waals surface area contributed by atoms with E-state index in [1.165, 1.54) is 11.7 Å². The normalized spacial score (nSPS) is 11.5. The summed E-state index contributed by atoms with van der Waals surface area (Å²) >= 11 is 0.827. The molecule has 8 nitrogen and oxygen atoms in total. The number of esters is 1. The number of oxazole rings is 1. The fourth-order valence-corrected chi connectivity index (χ4v) is 3.51. The Morgan fingerprint density at radius 1 is 1.50 bits per heavy atom. The third-order valence-electron chi connectivity index (χ3n) is 2.24. The number of carbonyl (C=O) groups excluding carboxylic acids is 1. The van der Waals surface area contributed by atoms with Crippen LogP contribution in [0.1, 0.15) is 22.1 Å². The summed E-state index contributed by atoms with van der Waals surface area (Å²) in [6.45, 7) is 1.58. The second-order valence-electron chi connectivity index (χ2n) is 3.67. The maximum absolute atomic E-state index is 12.1. The highest BCUT2D eigenvalue weighted by Crippen LogP contribution is 2.20. The number of rotatable bonds is 5. The van der Waals surface area contributed by atoms with Gasteiger partial charge in [-0.2, -0.15) is 0 Å². The van der Waals surface area contributed by atoms with Crippen molar-refractivity contribution in [2.24, 2.45) is 0 Å². The molecule has 0 saturated carbocycles. The second kappa shape index (κ2) is 5.69. The molecule has 0 aliphatic heterocycles. The van der Waals surface area contributed by atoms with Gasteiger partial charge in [0.1, 0.15) is 5.76 Å².